The summed E-state index contributed by atoms with van der Waals surface area (Å²) in [5.74, 6) is -0.860. The molecule has 37 heavy (non-hydrogen) atoms. The van der Waals surface area contributed by atoms with Gasteiger partial charge in [-0.25, -0.2) is 8.42 Å². The molecule has 0 aliphatic rings. The molecule has 0 fully saturated rings. The first kappa shape index (κ1) is 28.2. The Morgan fingerprint density at radius 2 is 1.49 bits per heavy atom. The van der Waals surface area contributed by atoms with Crippen molar-refractivity contribution in [2.24, 2.45) is 0 Å². The Labute approximate surface area is 224 Å². The Morgan fingerprint density at radius 1 is 0.892 bits per heavy atom. The fourth-order valence-electron chi connectivity index (χ4n) is 3.85. The maximum atomic E-state index is 13.9. The topological polar surface area (TPSA) is 86.8 Å². The number of nitrogens with one attached hydrogen (secondary N) is 1. The SMILES string of the molecule is Cc1ccccc1CN(C(=O)CN(c1ccccc1Cl)S(=O)(=O)c1ccccc1)[C@H](C)C(=O)NC(C)C. The van der Waals surface area contributed by atoms with Gasteiger partial charge in [0.25, 0.3) is 10.0 Å². The molecule has 0 spiro atoms. The number of aryl methyl sites for hydroxylation is 1. The van der Waals surface area contributed by atoms with Crippen molar-refractivity contribution in [1.82, 2.24) is 10.2 Å². The summed E-state index contributed by atoms with van der Waals surface area (Å²) in [6, 6.07) is 20.9. The number of hydrogen-bond acceptors (Lipinski definition) is 4. The molecular weight excluding hydrogens is 510 g/mol. The highest BCUT2D eigenvalue weighted by atomic mass is 35.5. The molecule has 7 nitrogen and oxygen atoms in total. The third-order valence-corrected chi connectivity index (χ3v) is 8.02. The first-order chi connectivity index (χ1) is 17.5. The molecule has 0 bridgehead atoms. The molecule has 0 unspecified atom stereocenters. The molecule has 0 saturated heterocycles. The number of para-hydroxylation sites is 1. The maximum Gasteiger partial charge on any atom is 0.264 e. The largest absolute Gasteiger partial charge is 0.352 e. The lowest BCUT2D eigenvalue weighted by Crippen LogP contribution is -2.52. The van der Waals surface area contributed by atoms with Gasteiger partial charge in [-0.05, 0) is 63.1 Å². The third kappa shape index (κ3) is 6.90. The monoisotopic (exact) mass is 541 g/mol. The van der Waals surface area contributed by atoms with Gasteiger partial charge in [0.1, 0.15) is 12.6 Å². The molecule has 0 aliphatic heterocycles. The van der Waals surface area contributed by atoms with E-state index in [1.165, 1.54) is 17.0 Å². The number of halogens is 1. The van der Waals surface area contributed by atoms with Crippen LogP contribution < -0.4 is 9.62 Å². The Kier molecular flexibility index (Phi) is 9.34. The number of benzene rings is 3. The van der Waals surface area contributed by atoms with E-state index in [1.54, 1.807) is 49.4 Å². The number of carbonyl (C=O) groups is 2. The number of nitrogens with zero attached hydrogens (tertiary/aromatic N) is 2. The van der Waals surface area contributed by atoms with Crippen molar-refractivity contribution in [3.63, 3.8) is 0 Å². The number of hydrogen-bond donors (Lipinski definition) is 1. The summed E-state index contributed by atoms with van der Waals surface area (Å²) in [7, 11) is -4.15. The second-order valence-electron chi connectivity index (χ2n) is 9.06. The van der Waals surface area contributed by atoms with E-state index in [4.69, 9.17) is 11.6 Å². The Balaban J connectivity index is 2.04. The van der Waals surface area contributed by atoms with E-state index in [9.17, 15) is 18.0 Å². The normalized spacial score (nSPS) is 12.2. The second-order valence-corrected chi connectivity index (χ2v) is 11.3. The zero-order chi connectivity index (χ0) is 27.2. The predicted molar refractivity (Wildman–Crippen MR) is 147 cm³/mol. The van der Waals surface area contributed by atoms with E-state index in [0.29, 0.717) is 0 Å². The summed E-state index contributed by atoms with van der Waals surface area (Å²) in [4.78, 5) is 28.2. The molecule has 1 atom stereocenters. The lowest BCUT2D eigenvalue weighted by molar-refractivity contribution is -0.139. The molecule has 9 heteroatoms. The molecule has 3 aromatic rings. The van der Waals surface area contributed by atoms with Crippen molar-refractivity contribution in [1.29, 1.82) is 0 Å². The minimum Gasteiger partial charge on any atom is -0.352 e. The van der Waals surface area contributed by atoms with Crippen LogP contribution in [0.15, 0.2) is 83.8 Å². The minimum atomic E-state index is -4.15. The number of carbonyl (C=O) groups excluding carboxylic acids is 2. The fraction of sp³-hybridized carbons (Fsp3) is 0.286. The molecule has 3 rings (SSSR count). The van der Waals surface area contributed by atoms with Crippen molar-refractivity contribution < 1.29 is 18.0 Å². The fourth-order valence-corrected chi connectivity index (χ4v) is 5.59. The van der Waals surface area contributed by atoms with Crippen LogP contribution in [0.4, 0.5) is 5.69 Å². The number of rotatable bonds is 10. The summed E-state index contributed by atoms with van der Waals surface area (Å²) in [6.07, 6.45) is 0. The number of sulfonamides is 1. The van der Waals surface area contributed by atoms with Crippen LogP contribution in [0.5, 0.6) is 0 Å². The van der Waals surface area contributed by atoms with E-state index in [0.717, 1.165) is 15.4 Å². The van der Waals surface area contributed by atoms with Crippen molar-refractivity contribution in [3.8, 4) is 0 Å². The van der Waals surface area contributed by atoms with Crippen LogP contribution in [0.2, 0.25) is 5.02 Å². The zero-order valence-electron chi connectivity index (χ0n) is 21.4. The van der Waals surface area contributed by atoms with Gasteiger partial charge in [-0.2, -0.15) is 0 Å². The quantitative estimate of drug-likeness (QED) is 0.400. The van der Waals surface area contributed by atoms with Crippen LogP contribution in [-0.2, 0) is 26.2 Å². The van der Waals surface area contributed by atoms with E-state index in [-0.39, 0.29) is 34.1 Å². The van der Waals surface area contributed by atoms with E-state index >= 15 is 0 Å². The highest BCUT2D eigenvalue weighted by molar-refractivity contribution is 7.92. The molecule has 0 radical (unpaired) electrons. The molecule has 0 aromatic heterocycles. The lowest BCUT2D eigenvalue weighted by atomic mass is 10.1. The van der Waals surface area contributed by atoms with Crippen molar-refractivity contribution in [2.45, 2.75) is 51.2 Å². The van der Waals surface area contributed by atoms with E-state index in [1.807, 2.05) is 45.0 Å². The van der Waals surface area contributed by atoms with Crippen molar-refractivity contribution in [2.75, 3.05) is 10.8 Å². The van der Waals surface area contributed by atoms with Crippen LogP contribution in [0.1, 0.15) is 31.9 Å². The molecule has 0 saturated carbocycles. The van der Waals surface area contributed by atoms with Gasteiger partial charge in [0.15, 0.2) is 0 Å². The Hall–Kier alpha value is -3.36. The zero-order valence-corrected chi connectivity index (χ0v) is 23.0. The minimum absolute atomic E-state index is 0.0266. The van der Waals surface area contributed by atoms with Gasteiger partial charge in [-0.3, -0.25) is 13.9 Å². The van der Waals surface area contributed by atoms with Gasteiger partial charge in [0.2, 0.25) is 11.8 Å². The van der Waals surface area contributed by atoms with Crippen molar-refractivity contribution in [3.05, 3.63) is 95.0 Å². The van der Waals surface area contributed by atoms with Crippen molar-refractivity contribution >= 4 is 39.1 Å². The van der Waals surface area contributed by atoms with Gasteiger partial charge < -0.3 is 10.2 Å². The molecule has 1 N–H and O–H groups in total. The lowest BCUT2D eigenvalue weighted by Gasteiger charge is -2.32. The maximum absolute atomic E-state index is 13.9. The highest BCUT2D eigenvalue weighted by Gasteiger charge is 2.33. The van der Waals surface area contributed by atoms with Gasteiger partial charge >= 0.3 is 0 Å². The summed E-state index contributed by atoms with van der Waals surface area (Å²) >= 11 is 6.40. The van der Waals surface area contributed by atoms with Gasteiger partial charge in [-0.1, -0.05) is 66.2 Å². The van der Waals surface area contributed by atoms with Crippen LogP contribution in [-0.4, -0.2) is 43.8 Å². The third-order valence-electron chi connectivity index (χ3n) is 5.93. The van der Waals surface area contributed by atoms with Crippen LogP contribution in [0, 0.1) is 6.92 Å². The summed E-state index contributed by atoms with van der Waals surface area (Å²) < 4.78 is 28.4. The molecule has 0 heterocycles. The first-order valence-electron chi connectivity index (χ1n) is 12.0. The van der Waals surface area contributed by atoms with Crippen LogP contribution >= 0.6 is 11.6 Å². The first-order valence-corrected chi connectivity index (χ1v) is 13.8. The van der Waals surface area contributed by atoms with Gasteiger partial charge in [-0.15, -0.1) is 0 Å². The smallest absolute Gasteiger partial charge is 0.264 e. The highest BCUT2D eigenvalue weighted by Crippen LogP contribution is 2.30. The van der Waals surface area contributed by atoms with E-state index in [2.05, 4.69) is 5.32 Å². The predicted octanol–water partition coefficient (Wildman–Crippen LogP) is 4.79. The average Bonchev–Trinajstić information content (AvgIpc) is 2.87. The molecular formula is C28H32ClN3O4S. The van der Waals surface area contributed by atoms with Gasteiger partial charge in [0, 0.05) is 12.6 Å². The van der Waals surface area contributed by atoms with Crippen LogP contribution in [0.3, 0.4) is 0 Å². The van der Waals surface area contributed by atoms with E-state index < -0.39 is 28.5 Å². The molecule has 2 amide bonds. The summed E-state index contributed by atoms with van der Waals surface area (Å²) in [5, 5.41) is 3.03. The Bertz CT molecular complexity index is 1350. The van der Waals surface area contributed by atoms with Crippen LogP contribution in [0.25, 0.3) is 0 Å². The standard InChI is InChI=1S/C28H32ClN3O4S/c1-20(2)30-28(34)22(4)31(18-23-13-9-8-12-21(23)3)27(33)19-32(26-17-11-10-16-25(26)29)37(35,36)24-14-6-5-7-15-24/h5-17,20,22H,18-19H2,1-4H3,(H,30,34)/t22-/m1/s1. The van der Waals surface area contributed by atoms with Gasteiger partial charge in [0.05, 0.1) is 15.6 Å². The second kappa shape index (κ2) is 12.3. The average molecular weight is 542 g/mol. The Morgan fingerprint density at radius 3 is 2.11 bits per heavy atom. The number of anilines is 1. The molecule has 3 aromatic carbocycles. The molecule has 0 aliphatic carbocycles. The number of amides is 2. The molecule has 196 valence electrons. The summed E-state index contributed by atoms with van der Waals surface area (Å²) in [6.45, 7) is 6.84. The summed E-state index contributed by atoms with van der Waals surface area (Å²) in [5.41, 5.74) is 1.99.